The van der Waals surface area contributed by atoms with Crippen molar-refractivity contribution in [1.29, 1.82) is 0 Å². The number of hydrogen-bond acceptors (Lipinski definition) is 8. The Balaban J connectivity index is 1.30. The largest absolute Gasteiger partial charge is 0.455 e. The number of para-hydroxylation sites is 1. The van der Waals surface area contributed by atoms with E-state index >= 15 is 0 Å². The summed E-state index contributed by atoms with van der Waals surface area (Å²) in [6.45, 7) is -0.427. The second-order valence-electron chi connectivity index (χ2n) is 7.36. The average molecular weight is 490 g/mol. The number of ether oxygens (including phenoxy) is 2. The van der Waals surface area contributed by atoms with Gasteiger partial charge in [0.2, 0.25) is 0 Å². The summed E-state index contributed by atoms with van der Waals surface area (Å²) in [7, 11) is 0. The lowest BCUT2D eigenvalue weighted by atomic mass is 10.1. The van der Waals surface area contributed by atoms with E-state index in [1.807, 2.05) is 35.0 Å². The van der Waals surface area contributed by atoms with E-state index in [-0.39, 0.29) is 17.5 Å². The number of esters is 1. The van der Waals surface area contributed by atoms with E-state index in [1.165, 1.54) is 5.01 Å². The van der Waals surface area contributed by atoms with Crippen LogP contribution < -0.4 is 4.74 Å². The van der Waals surface area contributed by atoms with Crippen LogP contribution in [0.15, 0.2) is 88.9 Å². The lowest BCUT2D eigenvalue weighted by Gasteiger charge is -2.20. The number of hydrogen-bond donors (Lipinski definition) is 0. The summed E-state index contributed by atoms with van der Waals surface area (Å²) in [5.41, 5.74) is 1.07. The van der Waals surface area contributed by atoms with Gasteiger partial charge in [-0.1, -0.05) is 24.3 Å². The summed E-state index contributed by atoms with van der Waals surface area (Å²) in [5, 5.41) is 9.98. The summed E-state index contributed by atoms with van der Waals surface area (Å²) in [4.78, 5) is 32.0. The van der Waals surface area contributed by atoms with Crippen molar-refractivity contribution in [2.24, 2.45) is 5.10 Å². The molecule has 1 aliphatic heterocycles. The SMILES string of the molecule is O=C(OCC(=O)N1N=C(c2cccs2)C[C@@H]1c1cccs1)c1ccccc1Oc1cccnc1. The van der Waals surface area contributed by atoms with Gasteiger partial charge in [0.05, 0.1) is 22.8 Å². The minimum absolute atomic E-state index is 0.218. The van der Waals surface area contributed by atoms with E-state index in [4.69, 9.17) is 9.47 Å². The minimum atomic E-state index is -0.651. The first-order valence-corrected chi connectivity index (χ1v) is 12.3. The van der Waals surface area contributed by atoms with E-state index in [0.717, 1.165) is 15.5 Å². The highest BCUT2D eigenvalue weighted by molar-refractivity contribution is 7.12. The van der Waals surface area contributed by atoms with Crippen molar-refractivity contribution < 1.29 is 19.1 Å². The molecule has 7 nitrogen and oxygen atoms in total. The molecule has 9 heteroatoms. The van der Waals surface area contributed by atoms with Crippen LogP contribution in [0.3, 0.4) is 0 Å². The zero-order valence-corrected chi connectivity index (χ0v) is 19.5. The number of amides is 1. The van der Waals surface area contributed by atoms with Gasteiger partial charge < -0.3 is 9.47 Å². The van der Waals surface area contributed by atoms with E-state index in [9.17, 15) is 9.59 Å². The molecule has 0 saturated heterocycles. The van der Waals surface area contributed by atoms with Crippen molar-refractivity contribution in [3.05, 3.63) is 99.1 Å². The predicted octanol–water partition coefficient (Wildman–Crippen LogP) is 5.53. The summed E-state index contributed by atoms with van der Waals surface area (Å²) < 4.78 is 11.2. The average Bonchev–Trinajstić information content (AvgIpc) is 3.64. The minimum Gasteiger partial charge on any atom is -0.455 e. The van der Waals surface area contributed by atoms with Crippen LogP contribution in [-0.2, 0) is 9.53 Å². The van der Waals surface area contributed by atoms with E-state index in [0.29, 0.717) is 17.9 Å². The third kappa shape index (κ3) is 4.75. The number of benzene rings is 1. The number of aromatic nitrogens is 1. The topological polar surface area (TPSA) is 81.1 Å². The highest BCUT2D eigenvalue weighted by Gasteiger charge is 2.34. The Kier molecular flexibility index (Phi) is 6.46. The Labute approximate surface area is 203 Å². The normalized spacial score (nSPS) is 15.1. The van der Waals surface area contributed by atoms with Gasteiger partial charge in [0, 0.05) is 17.5 Å². The molecule has 34 heavy (non-hydrogen) atoms. The molecule has 0 saturated carbocycles. The Hall–Kier alpha value is -3.82. The molecule has 0 aliphatic carbocycles. The highest BCUT2D eigenvalue weighted by Crippen LogP contribution is 2.36. The molecule has 4 aromatic rings. The van der Waals surface area contributed by atoms with Gasteiger partial charge in [-0.2, -0.15) is 5.10 Å². The fourth-order valence-corrected chi connectivity index (χ4v) is 5.10. The van der Waals surface area contributed by atoms with Crippen molar-refractivity contribution in [2.45, 2.75) is 12.5 Å². The van der Waals surface area contributed by atoms with E-state index in [2.05, 4.69) is 10.1 Å². The molecule has 1 aliphatic rings. The molecule has 0 fully saturated rings. The van der Waals surface area contributed by atoms with Crippen LogP contribution in [0, 0.1) is 0 Å². The third-order valence-electron chi connectivity index (χ3n) is 5.14. The first-order valence-electron chi connectivity index (χ1n) is 10.5. The molecule has 1 amide bonds. The van der Waals surface area contributed by atoms with Crippen molar-refractivity contribution in [1.82, 2.24) is 9.99 Å². The second-order valence-corrected chi connectivity index (χ2v) is 9.29. The van der Waals surface area contributed by atoms with Crippen molar-refractivity contribution in [3.63, 3.8) is 0 Å². The number of nitrogens with zero attached hydrogens (tertiary/aromatic N) is 3. The zero-order valence-electron chi connectivity index (χ0n) is 17.9. The maximum Gasteiger partial charge on any atom is 0.342 e. The number of carbonyl (C=O) groups is 2. The van der Waals surface area contributed by atoms with Crippen LogP contribution in [0.1, 0.15) is 32.6 Å². The van der Waals surface area contributed by atoms with E-state index in [1.54, 1.807) is 71.5 Å². The van der Waals surface area contributed by atoms with Gasteiger partial charge in [0.25, 0.3) is 5.91 Å². The zero-order chi connectivity index (χ0) is 23.3. The lowest BCUT2D eigenvalue weighted by molar-refractivity contribution is -0.136. The molecular weight excluding hydrogens is 470 g/mol. The van der Waals surface area contributed by atoms with Gasteiger partial charge in [-0.3, -0.25) is 9.78 Å². The molecule has 3 aromatic heterocycles. The van der Waals surface area contributed by atoms with Gasteiger partial charge in [0.1, 0.15) is 17.1 Å². The van der Waals surface area contributed by atoms with Gasteiger partial charge in [-0.25, -0.2) is 9.80 Å². The second kappa shape index (κ2) is 9.98. The first-order chi connectivity index (χ1) is 16.7. The van der Waals surface area contributed by atoms with Crippen LogP contribution >= 0.6 is 22.7 Å². The number of thiophene rings is 2. The van der Waals surface area contributed by atoms with Gasteiger partial charge in [0.15, 0.2) is 6.61 Å². The molecule has 170 valence electrons. The molecule has 0 N–H and O–H groups in total. The number of hydrazone groups is 1. The molecule has 1 atom stereocenters. The van der Waals surface area contributed by atoms with Crippen LogP contribution in [0.4, 0.5) is 0 Å². The van der Waals surface area contributed by atoms with Gasteiger partial charge >= 0.3 is 5.97 Å². The monoisotopic (exact) mass is 489 g/mol. The number of rotatable bonds is 7. The highest BCUT2D eigenvalue weighted by atomic mass is 32.1. The summed E-state index contributed by atoms with van der Waals surface area (Å²) in [6.07, 6.45) is 3.79. The third-order valence-corrected chi connectivity index (χ3v) is 7.03. The van der Waals surface area contributed by atoms with Crippen LogP contribution in [0.5, 0.6) is 11.5 Å². The van der Waals surface area contributed by atoms with Gasteiger partial charge in [-0.05, 0) is 47.2 Å². The quantitative estimate of drug-likeness (QED) is 0.319. The molecule has 1 aromatic carbocycles. The van der Waals surface area contributed by atoms with Crippen LogP contribution in [-0.4, -0.2) is 34.2 Å². The number of carbonyl (C=O) groups excluding carboxylic acids is 2. The molecule has 4 heterocycles. The number of pyridine rings is 1. The molecule has 0 unspecified atom stereocenters. The Morgan fingerprint density at radius 2 is 1.85 bits per heavy atom. The van der Waals surface area contributed by atoms with E-state index < -0.39 is 12.6 Å². The molecule has 5 rings (SSSR count). The smallest absolute Gasteiger partial charge is 0.342 e. The van der Waals surface area contributed by atoms with Crippen molar-refractivity contribution >= 4 is 40.3 Å². The van der Waals surface area contributed by atoms with Gasteiger partial charge in [-0.15, -0.1) is 22.7 Å². The molecule has 0 spiro atoms. The Morgan fingerprint density at radius 3 is 2.62 bits per heavy atom. The van der Waals surface area contributed by atoms with Crippen LogP contribution in [0.2, 0.25) is 0 Å². The standard InChI is InChI=1S/C25H19N3O4S2/c29-24(28-20(23-10-5-13-34-23)14-19(27-28)22-9-4-12-33-22)16-31-25(30)18-7-1-2-8-21(18)32-17-6-3-11-26-15-17/h1-13,15,20H,14,16H2/t20-/m1/s1. The lowest BCUT2D eigenvalue weighted by Crippen LogP contribution is -2.31. The maximum atomic E-state index is 13.1. The Bertz CT molecular complexity index is 1310. The Morgan fingerprint density at radius 1 is 1.00 bits per heavy atom. The summed E-state index contributed by atoms with van der Waals surface area (Å²) in [5.74, 6) is -0.222. The summed E-state index contributed by atoms with van der Waals surface area (Å²) in [6, 6.07) is 17.9. The predicted molar refractivity (Wildman–Crippen MR) is 130 cm³/mol. The van der Waals surface area contributed by atoms with Crippen LogP contribution in [0.25, 0.3) is 0 Å². The van der Waals surface area contributed by atoms with Crippen molar-refractivity contribution in [3.8, 4) is 11.5 Å². The molecule has 0 radical (unpaired) electrons. The fourth-order valence-electron chi connectivity index (χ4n) is 3.56. The molecular formula is C25H19N3O4S2. The van der Waals surface area contributed by atoms with Crippen molar-refractivity contribution in [2.75, 3.05) is 6.61 Å². The fraction of sp³-hybridized carbons (Fsp3) is 0.120. The molecule has 0 bridgehead atoms. The summed E-state index contributed by atoms with van der Waals surface area (Å²) >= 11 is 3.15. The maximum absolute atomic E-state index is 13.1. The first kappa shape index (κ1) is 22.0.